The molecule has 2 aromatic heterocycles. The number of hydrogen-bond donors (Lipinski definition) is 0. The van der Waals surface area contributed by atoms with Crippen molar-refractivity contribution in [2.24, 2.45) is 0 Å². The van der Waals surface area contributed by atoms with Crippen LogP contribution in [0, 0.1) is 6.92 Å². The van der Waals surface area contributed by atoms with Gasteiger partial charge in [0, 0.05) is 18.4 Å². The number of anilines is 1. The first-order valence-corrected chi connectivity index (χ1v) is 9.35. The van der Waals surface area contributed by atoms with E-state index in [9.17, 15) is 4.79 Å². The second-order valence-corrected chi connectivity index (χ2v) is 8.32. The van der Waals surface area contributed by atoms with Crippen molar-refractivity contribution in [2.45, 2.75) is 53.0 Å². The summed E-state index contributed by atoms with van der Waals surface area (Å²) in [5, 5.41) is 5.56. The van der Waals surface area contributed by atoms with Gasteiger partial charge in [0.15, 0.2) is 5.65 Å². The summed E-state index contributed by atoms with van der Waals surface area (Å²) in [6.07, 6.45) is 0. The number of carbonyl (C=O) groups is 1. The molecular formula is C22H28N4O. The minimum atomic E-state index is -0.221. The van der Waals surface area contributed by atoms with Crippen LogP contribution in [0.2, 0.25) is 0 Å². The third-order valence-electron chi connectivity index (χ3n) is 4.74. The molecule has 27 heavy (non-hydrogen) atoms. The van der Waals surface area contributed by atoms with Crippen LogP contribution in [0.1, 0.15) is 62.3 Å². The number of carbonyl (C=O) groups excluding carboxylic acids is 1. The summed E-state index contributed by atoms with van der Waals surface area (Å²) >= 11 is 0. The fourth-order valence-electron chi connectivity index (χ4n) is 3.19. The van der Waals surface area contributed by atoms with Gasteiger partial charge in [-0.05, 0) is 51.8 Å². The number of pyridine rings is 1. The van der Waals surface area contributed by atoms with E-state index in [4.69, 9.17) is 10.1 Å². The first kappa shape index (κ1) is 19.1. The third-order valence-corrected chi connectivity index (χ3v) is 4.74. The average Bonchev–Trinajstić information content (AvgIpc) is 2.97. The molecule has 0 N–H and O–H groups in total. The van der Waals surface area contributed by atoms with Gasteiger partial charge < -0.3 is 4.90 Å². The standard InChI is InChI=1S/C22H28N4O/c1-14(2)18-13-17(21(27)25(7)16-11-9-8-10-12-16)19-15(3)24-26(20(19)23-18)22(4,5)6/h8-14H,1-7H3. The van der Waals surface area contributed by atoms with E-state index in [0.29, 0.717) is 5.56 Å². The predicted octanol–water partition coefficient (Wildman–Crippen LogP) is 4.89. The van der Waals surface area contributed by atoms with Crippen molar-refractivity contribution >= 4 is 22.6 Å². The quantitative estimate of drug-likeness (QED) is 0.664. The molecule has 5 heteroatoms. The lowest BCUT2D eigenvalue weighted by Gasteiger charge is -2.21. The number of aryl methyl sites for hydroxylation is 1. The second kappa shape index (κ2) is 6.80. The molecule has 0 aliphatic heterocycles. The molecule has 0 aliphatic carbocycles. The van der Waals surface area contributed by atoms with E-state index in [2.05, 4.69) is 34.6 Å². The summed E-state index contributed by atoms with van der Waals surface area (Å²) in [4.78, 5) is 20.0. The minimum Gasteiger partial charge on any atom is -0.311 e. The molecule has 0 saturated heterocycles. The van der Waals surface area contributed by atoms with Crippen molar-refractivity contribution < 1.29 is 4.79 Å². The smallest absolute Gasteiger partial charge is 0.258 e. The van der Waals surface area contributed by atoms with Gasteiger partial charge in [-0.3, -0.25) is 4.79 Å². The Balaban J connectivity index is 2.25. The van der Waals surface area contributed by atoms with Crippen molar-refractivity contribution in [3.05, 3.63) is 53.3 Å². The third kappa shape index (κ3) is 3.46. The highest BCUT2D eigenvalue weighted by molar-refractivity contribution is 6.13. The number of fused-ring (bicyclic) bond motifs is 1. The van der Waals surface area contributed by atoms with Crippen LogP contribution < -0.4 is 4.90 Å². The minimum absolute atomic E-state index is 0.0490. The molecule has 0 fully saturated rings. The van der Waals surface area contributed by atoms with Crippen LogP contribution in [-0.2, 0) is 5.54 Å². The highest BCUT2D eigenvalue weighted by atomic mass is 16.2. The molecule has 0 unspecified atom stereocenters. The molecule has 3 rings (SSSR count). The van der Waals surface area contributed by atoms with Crippen molar-refractivity contribution in [2.75, 3.05) is 11.9 Å². The van der Waals surface area contributed by atoms with Crippen molar-refractivity contribution in [3.8, 4) is 0 Å². The van der Waals surface area contributed by atoms with Crippen molar-refractivity contribution in [3.63, 3.8) is 0 Å². The van der Waals surface area contributed by atoms with E-state index < -0.39 is 0 Å². The highest BCUT2D eigenvalue weighted by Crippen LogP contribution is 2.30. The molecular weight excluding hydrogens is 336 g/mol. The lowest BCUT2D eigenvalue weighted by Crippen LogP contribution is -2.27. The molecule has 1 amide bonds. The van der Waals surface area contributed by atoms with Crippen LogP contribution in [0.3, 0.4) is 0 Å². The topological polar surface area (TPSA) is 51.0 Å². The summed E-state index contributed by atoms with van der Waals surface area (Å²) in [6.45, 7) is 12.4. The molecule has 3 aromatic rings. The Morgan fingerprint density at radius 2 is 1.78 bits per heavy atom. The molecule has 0 spiro atoms. The maximum Gasteiger partial charge on any atom is 0.258 e. The van der Waals surface area contributed by atoms with Gasteiger partial charge in [-0.2, -0.15) is 5.10 Å². The molecule has 0 bridgehead atoms. The van der Waals surface area contributed by atoms with Gasteiger partial charge in [-0.25, -0.2) is 9.67 Å². The SMILES string of the molecule is Cc1nn(C(C)(C)C)c2nc(C(C)C)cc(C(=O)N(C)c3ccccc3)c12. The van der Waals surface area contributed by atoms with Crippen molar-refractivity contribution in [1.29, 1.82) is 0 Å². The van der Waals surface area contributed by atoms with Gasteiger partial charge in [0.2, 0.25) is 0 Å². The molecule has 1 aromatic carbocycles. The average molecular weight is 364 g/mol. The van der Waals surface area contributed by atoms with Crippen molar-refractivity contribution in [1.82, 2.24) is 14.8 Å². The van der Waals surface area contributed by atoms with E-state index in [1.165, 1.54) is 0 Å². The van der Waals surface area contributed by atoms with Gasteiger partial charge >= 0.3 is 0 Å². The number of nitrogens with zero attached hydrogens (tertiary/aromatic N) is 4. The van der Waals surface area contributed by atoms with Crippen LogP contribution in [0.5, 0.6) is 0 Å². The zero-order valence-corrected chi connectivity index (χ0v) is 17.2. The zero-order valence-electron chi connectivity index (χ0n) is 17.2. The molecule has 2 heterocycles. The number of para-hydroxylation sites is 1. The zero-order chi connectivity index (χ0) is 19.9. The number of benzene rings is 1. The van der Waals surface area contributed by atoms with E-state index in [-0.39, 0.29) is 17.4 Å². The van der Waals surface area contributed by atoms with E-state index in [1.54, 1.807) is 4.90 Å². The Bertz CT molecular complexity index is 981. The molecule has 0 atom stereocenters. The van der Waals surface area contributed by atoms with Crippen LogP contribution in [0.25, 0.3) is 11.0 Å². The van der Waals surface area contributed by atoms with Crippen LogP contribution in [0.15, 0.2) is 36.4 Å². The molecule has 142 valence electrons. The van der Waals surface area contributed by atoms with Crippen LogP contribution in [0.4, 0.5) is 5.69 Å². The molecule has 5 nitrogen and oxygen atoms in total. The van der Waals surface area contributed by atoms with Gasteiger partial charge in [-0.1, -0.05) is 32.0 Å². The first-order valence-electron chi connectivity index (χ1n) is 9.35. The van der Waals surface area contributed by atoms with Gasteiger partial charge in [0.05, 0.1) is 22.2 Å². The molecule has 0 aliphatic rings. The van der Waals surface area contributed by atoms with E-state index >= 15 is 0 Å². The Kier molecular flexibility index (Phi) is 4.81. The summed E-state index contributed by atoms with van der Waals surface area (Å²) in [5.41, 5.74) is 3.80. The van der Waals surface area contributed by atoms with Gasteiger partial charge in [-0.15, -0.1) is 0 Å². The largest absolute Gasteiger partial charge is 0.311 e. The number of rotatable bonds is 3. The Hall–Kier alpha value is -2.69. The van der Waals surface area contributed by atoms with E-state index in [1.807, 2.05) is 55.1 Å². The number of aromatic nitrogens is 3. The number of hydrogen-bond acceptors (Lipinski definition) is 3. The summed E-state index contributed by atoms with van der Waals surface area (Å²) in [7, 11) is 1.81. The lowest BCUT2D eigenvalue weighted by atomic mass is 10.0. The van der Waals surface area contributed by atoms with Crippen LogP contribution in [-0.4, -0.2) is 27.7 Å². The highest BCUT2D eigenvalue weighted by Gasteiger charge is 2.26. The first-order chi connectivity index (χ1) is 12.6. The van der Waals surface area contributed by atoms with E-state index in [0.717, 1.165) is 28.1 Å². The Morgan fingerprint density at radius 3 is 2.33 bits per heavy atom. The Morgan fingerprint density at radius 1 is 1.15 bits per heavy atom. The molecule has 0 radical (unpaired) electrons. The Labute approximate surface area is 161 Å². The fraction of sp³-hybridized carbons (Fsp3) is 0.409. The monoisotopic (exact) mass is 364 g/mol. The summed E-state index contributed by atoms with van der Waals surface area (Å²) < 4.78 is 1.93. The summed E-state index contributed by atoms with van der Waals surface area (Å²) in [5.74, 6) is 0.165. The molecule has 0 saturated carbocycles. The maximum atomic E-state index is 13.4. The lowest BCUT2D eigenvalue weighted by molar-refractivity contribution is 0.0994. The fourth-order valence-corrected chi connectivity index (χ4v) is 3.19. The normalized spacial score (nSPS) is 12.0. The summed E-state index contributed by atoms with van der Waals surface area (Å²) in [6, 6.07) is 11.6. The van der Waals surface area contributed by atoms with Gasteiger partial charge in [0.25, 0.3) is 5.91 Å². The number of amides is 1. The predicted molar refractivity (Wildman–Crippen MR) is 111 cm³/mol. The maximum absolute atomic E-state index is 13.4. The van der Waals surface area contributed by atoms with Crippen LogP contribution >= 0.6 is 0 Å². The second-order valence-electron chi connectivity index (χ2n) is 8.32. The van der Waals surface area contributed by atoms with Gasteiger partial charge in [0.1, 0.15) is 0 Å².